The molecule has 0 unspecified atom stereocenters. The third-order valence-corrected chi connectivity index (χ3v) is 8.60. The Labute approximate surface area is 245 Å². The van der Waals surface area contributed by atoms with Gasteiger partial charge in [0.25, 0.3) is 5.56 Å². The largest absolute Gasteiger partial charge is 0.384 e. The van der Waals surface area contributed by atoms with Crippen LogP contribution in [0.15, 0.2) is 71.4 Å². The normalized spacial score (nSPS) is 20.5. The fourth-order valence-electron chi connectivity index (χ4n) is 6.29. The van der Waals surface area contributed by atoms with Gasteiger partial charge in [0.2, 0.25) is 5.78 Å². The first-order valence-electron chi connectivity index (χ1n) is 14.7. The minimum atomic E-state index is -1.01. The molecule has 3 heterocycles. The third kappa shape index (κ3) is 5.02. The Hall–Kier alpha value is -4.26. The SMILES string of the molecule is CCCc1c(Cc2ccc(-c3ccccc3C#N)cc2)c(=O)n(C2CCC3(C=C(C(C)(C)O)NO3)CC2)c2ncnn12. The maximum atomic E-state index is 14.3. The number of benzene rings is 2. The van der Waals surface area contributed by atoms with E-state index in [4.69, 9.17) is 4.84 Å². The zero-order valence-corrected chi connectivity index (χ0v) is 24.3. The molecule has 4 aromatic rings. The summed E-state index contributed by atoms with van der Waals surface area (Å²) in [4.78, 5) is 24.8. The Balaban J connectivity index is 1.33. The lowest BCUT2D eigenvalue weighted by Crippen LogP contribution is -2.39. The zero-order chi connectivity index (χ0) is 29.5. The molecule has 0 bridgehead atoms. The molecular weight excluding hydrogens is 528 g/mol. The molecule has 6 rings (SSSR count). The average Bonchev–Trinajstić information content (AvgIpc) is 3.64. The fraction of sp³-hybridized carbons (Fsp3) is 0.394. The number of aryl methyl sites for hydroxylation is 1. The number of nitrogens with one attached hydrogen (secondary N) is 1. The lowest BCUT2D eigenvalue weighted by Gasteiger charge is -2.35. The molecule has 1 saturated carbocycles. The van der Waals surface area contributed by atoms with Gasteiger partial charge in [0.05, 0.1) is 23.0 Å². The maximum absolute atomic E-state index is 14.3. The van der Waals surface area contributed by atoms with Gasteiger partial charge in [-0.2, -0.15) is 15.3 Å². The molecule has 0 saturated heterocycles. The molecule has 0 atom stereocenters. The van der Waals surface area contributed by atoms with Crippen LogP contribution in [0.3, 0.4) is 0 Å². The van der Waals surface area contributed by atoms with E-state index in [1.807, 2.05) is 63.7 Å². The molecule has 42 heavy (non-hydrogen) atoms. The van der Waals surface area contributed by atoms with Crippen molar-refractivity contribution in [1.82, 2.24) is 24.6 Å². The number of fused-ring (bicyclic) bond motifs is 1. The predicted octanol–water partition coefficient (Wildman–Crippen LogP) is 5.02. The second kappa shape index (κ2) is 10.9. The highest BCUT2D eigenvalue weighted by Gasteiger charge is 2.42. The van der Waals surface area contributed by atoms with Crippen molar-refractivity contribution in [2.75, 3.05) is 0 Å². The molecule has 0 radical (unpaired) electrons. The van der Waals surface area contributed by atoms with Crippen LogP contribution in [0.5, 0.6) is 0 Å². The summed E-state index contributed by atoms with van der Waals surface area (Å²) in [5.41, 5.74) is 7.24. The molecule has 9 nitrogen and oxygen atoms in total. The van der Waals surface area contributed by atoms with Gasteiger partial charge in [0.15, 0.2) is 0 Å². The summed E-state index contributed by atoms with van der Waals surface area (Å²) in [5.74, 6) is 0.579. The van der Waals surface area contributed by atoms with Gasteiger partial charge in [-0.05, 0) is 74.8 Å². The molecule has 2 aromatic heterocycles. The average molecular weight is 565 g/mol. The van der Waals surface area contributed by atoms with Crippen molar-refractivity contribution in [3.63, 3.8) is 0 Å². The molecule has 1 fully saturated rings. The van der Waals surface area contributed by atoms with Crippen LogP contribution in [0.2, 0.25) is 0 Å². The van der Waals surface area contributed by atoms with Crippen LogP contribution >= 0.6 is 0 Å². The number of hydrogen-bond acceptors (Lipinski definition) is 7. The van der Waals surface area contributed by atoms with Crippen LogP contribution in [0.25, 0.3) is 16.9 Å². The van der Waals surface area contributed by atoms with Crippen molar-refractivity contribution in [1.29, 1.82) is 5.26 Å². The van der Waals surface area contributed by atoms with E-state index in [1.165, 1.54) is 6.33 Å². The molecular formula is C33H36N6O3. The second-order valence-electron chi connectivity index (χ2n) is 12.0. The minimum absolute atomic E-state index is 0.0167. The van der Waals surface area contributed by atoms with Crippen molar-refractivity contribution >= 4 is 5.78 Å². The van der Waals surface area contributed by atoms with E-state index in [9.17, 15) is 15.2 Å². The molecule has 1 spiro atoms. The number of nitriles is 1. The van der Waals surface area contributed by atoms with E-state index in [-0.39, 0.29) is 11.6 Å². The topological polar surface area (TPSA) is 117 Å². The van der Waals surface area contributed by atoms with Crippen molar-refractivity contribution in [2.45, 2.75) is 83.0 Å². The van der Waals surface area contributed by atoms with Gasteiger partial charge in [-0.1, -0.05) is 55.8 Å². The quantitative estimate of drug-likeness (QED) is 0.324. The summed E-state index contributed by atoms with van der Waals surface area (Å²) < 4.78 is 3.69. The van der Waals surface area contributed by atoms with Crippen molar-refractivity contribution in [3.05, 3.63) is 99.4 Å². The van der Waals surface area contributed by atoms with Gasteiger partial charge in [-0.25, -0.2) is 4.52 Å². The van der Waals surface area contributed by atoms with Crippen LogP contribution in [-0.2, 0) is 17.7 Å². The van der Waals surface area contributed by atoms with E-state index in [2.05, 4.69) is 28.6 Å². The first-order chi connectivity index (χ1) is 20.2. The van der Waals surface area contributed by atoms with Gasteiger partial charge in [-0.3, -0.25) is 19.7 Å². The standard InChI is InChI=1S/C33H36N6O3/c1-4-7-28-27(18-22-10-12-23(13-11-22)26-9-6-5-8-24(26)20-34)30(40)38(31-35-21-36-39(28)31)25-14-16-33(17-15-25)19-29(37-42-33)32(2,3)41/h5-6,8-13,19,21,25,37,41H,4,7,14-18H2,1-3H3. The number of nitrogens with zero attached hydrogens (tertiary/aromatic N) is 5. The summed E-state index contributed by atoms with van der Waals surface area (Å²) in [6.45, 7) is 5.57. The van der Waals surface area contributed by atoms with Gasteiger partial charge in [-0.15, -0.1) is 0 Å². The van der Waals surface area contributed by atoms with Crippen molar-refractivity contribution in [2.24, 2.45) is 0 Å². The summed E-state index contributed by atoms with van der Waals surface area (Å²) in [6.07, 6.45) is 8.51. The van der Waals surface area contributed by atoms with Crippen LogP contribution in [0, 0.1) is 11.3 Å². The number of aliphatic hydroxyl groups is 1. The summed E-state index contributed by atoms with van der Waals surface area (Å²) in [6, 6.07) is 17.9. The molecule has 2 aliphatic rings. The fourth-order valence-corrected chi connectivity index (χ4v) is 6.29. The molecule has 2 aromatic carbocycles. The lowest BCUT2D eigenvalue weighted by molar-refractivity contribution is -0.0736. The number of hydroxylamine groups is 1. The first kappa shape index (κ1) is 27.9. The smallest absolute Gasteiger partial charge is 0.259 e. The molecule has 2 N–H and O–H groups in total. The van der Waals surface area contributed by atoms with Crippen LogP contribution in [0.1, 0.15) is 81.3 Å². The minimum Gasteiger partial charge on any atom is -0.384 e. The van der Waals surface area contributed by atoms with Crippen molar-refractivity contribution < 1.29 is 9.94 Å². The third-order valence-electron chi connectivity index (χ3n) is 8.60. The van der Waals surface area contributed by atoms with E-state index >= 15 is 0 Å². The predicted molar refractivity (Wildman–Crippen MR) is 159 cm³/mol. The lowest BCUT2D eigenvalue weighted by atomic mass is 9.81. The zero-order valence-electron chi connectivity index (χ0n) is 24.3. The highest BCUT2D eigenvalue weighted by Crippen LogP contribution is 2.42. The maximum Gasteiger partial charge on any atom is 0.259 e. The van der Waals surface area contributed by atoms with Gasteiger partial charge >= 0.3 is 0 Å². The van der Waals surface area contributed by atoms with Crippen molar-refractivity contribution in [3.8, 4) is 17.2 Å². The summed E-state index contributed by atoms with van der Waals surface area (Å²) in [7, 11) is 0. The summed E-state index contributed by atoms with van der Waals surface area (Å²) in [5, 5.41) is 24.5. The highest BCUT2D eigenvalue weighted by atomic mass is 16.7. The Morgan fingerprint density at radius 1 is 1.17 bits per heavy atom. The molecule has 216 valence electrons. The van der Waals surface area contributed by atoms with Gasteiger partial charge < -0.3 is 5.11 Å². The molecule has 1 aliphatic carbocycles. The second-order valence-corrected chi connectivity index (χ2v) is 12.0. The van der Waals surface area contributed by atoms with Gasteiger partial charge in [0.1, 0.15) is 17.5 Å². The van der Waals surface area contributed by atoms with Crippen LogP contribution < -0.4 is 11.0 Å². The Morgan fingerprint density at radius 2 is 1.90 bits per heavy atom. The molecule has 1 aliphatic heterocycles. The van der Waals surface area contributed by atoms with E-state index in [1.54, 1.807) is 13.8 Å². The first-order valence-corrected chi connectivity index (χ1v) is 14.7. The monoisotopic (exact) mass is 564 g/mol. The van der Waals surface area contributed by atoms with Crippen LogP contribution in [0.4, 0.5) is 0 Å². The van der Waals surface area contributed by atoms with E-state index < -0.39 is 11.2 Å². The Kier molecular flexibility index (Phi) is 7.21. The Bertz CT molecular complexity index is 1750. The van der Waals surface area contributed by atoms with Gasteiger partial charge in [0, 0.05) is 18.0 Å². The molecule has 9 heteroatoms. The Morgan fingerprint density at radius 3 is 2.57 bits per heavy atom. The van der Waals surface area contributed by atoms with Crippen LogP contribution in [-0.4, -0.2) is 35.5 Å². The molecule has 0 amide bonds. The number of aromatic nitrogens is 4. The van der Waals surface area contributed by atoms with E-state index in [0.29, 0.717) is 36.3 Å². The number of hydrogen-bond donors (Lipinski definition) is 2. The van der Waals surface area contributed by atoms with E-state index in [0.717, 1.165) is 53.6 Å². The highest BCUT2D eigenvalue weighted by molar-refractivity contribution is 5.70. The number of rotatable bonds is 7. The summed E-state index contributed by atoms with van der Waals surface area (Å²) >= 11 is 0.